The summed E-state index contributed by atoms with van der Waals surface area (Å²) in [4.78, 5) is 29.1. The average Bonchev–Trinajstić information content (AvgIpc) is 3.36. The summed E-state index contributed by atoms with van der Waals surface area (Å²) in [5.74, 6) is -2.57. The van der Waals surface area contributed by atoms with E-state index >= 15 is 0 Å². The van der Waals surface area contributed by atoms with Crippen LogP contribution in [-0.2, 0) is 25.4 Å². The molecule has 0 fully saturated rings. The van der Waals surface area contributed by atoms with Gasteiger partial charge in [0.1, 0.15) is 12.4 Å². The van der Waals surface area contributed by atoms with Crippen molar-refractivity contribution in [2.75, 3.05) is 40.1 Å². The Bertz CT molecular complexity index is 1180. The molecule has 10 nitrogen and oxygen atoms in total. The molecule has 0 radical (unpaired) electrons. The third-order valence-corrected chi connectivity index (χ3v) is 5.79. The quantitative estimate of drug-likeness (QED) is 0.195. The zero-order valence-electron chi connectivity index (χ0n) is 20.9. The van der Waals surface area contributed by atoms with Crippen LogP contribution in [0.4, 0.5) is 4.39 Å². The number of halogens is 2. The first-order valence-electron chi connectivity index (χ1n) is 12.0. The van der Waals surface area contributed by atoms with Gasteiger partial charge in [0.05, 0.1) is 32.3 Å². The monoisotopic (exact) mass is 548 g/mol. The molecule has 0 aliphatic rings. The third kappa shape index (κ3) is 9.18. The molecule has 38 heavy (non-hydrogen) atoms. The Kier molecular flexibility index (Phi) is 11.6. The van der Waals surface area contributed by atoms with E-state index in [1.165, 1.54) is 12.1 Å². The Balaban J connectivity index is 1.68. The zero-order valence-corrected chi connectivity index (χ0v) is 21.6. The minimum atomic E-state index is -0.887. The van der Waals surface area contributed by atoms with Crippen LogP contribution in [-0.4, -0.2) is 78.4 Å². The van der Waals surface area contributed by atoms with Gasteiger partial charge in [-0.2, -0.15) is 4.98 Å². The molecule has 1 aromatic heterocycles. The molecule has 2 aromatic carbocycles. The molecule has 0 bridgehead atoms. The number of amides is 1. The number of methoxy groups -OCH3 is 1. The Hall–Kier alpha value is -3.38. The second kappa shape index (κ2) is 15.1. The standard InChI is InChI=1S/C26H30ClFN4O6/c1-36-9-10-37-11-12-38-25(35)20(16-33)15-22(29-24(34)23-30-26(27)32-31-23)13-17-5-7-18(8-6-17)19-3-2-4-21(28)14-19/h2-8,14,20,22,33H,9-13,15-16H2,1H3,(H,29,34)(H,30,31,32)/t20-,22+/m0/s1. The number of H-pyrrole nitrogens is 1. The molecule has 0 spiro atoms. The van der Waals surface area contributed by atoms with Crippen molar-refractivity contribution >= 4 is 23.5 Å². The Labute approximate surface area is 224 Å². The Morgan fingerprint density at radius 2 is 1.87 bits per heavy atom. The number of aromatic amines is 1. The van der Waals surface area contributed by atoms with Gasteiger partial charge in [0.25, 0.3) is 5.91 Å². The van der Waals surface area contributed by atoms with E-state index < -0.39 is 30.4 Å². The van der Waals surface area contributed by atoms with Gasteiger partial charge in [-0.05, 0) is 53.3 Å². The van der Waals surface area contributed by atoms with Crippen LogP contribution in [0.1, 0.15) is 22.6 Å². The average molecular weight is 549 g/mol. The van der Waals surface area contributed by atoms with Crippen molar-refractivity contribution in [3.63, 3.8) is 0 Å². The summed E-state index contributed by atoms with van der Waals surface area (Å²) in [6, 6.07) is 13.1. The fourth-order valence-corrected chi connectivity index (χ4v) is 3.85. The minimum absolute atomic E-state index is 0.0211. The normalized spacial score (nSPS) is 12.6. The van der Waals surface area contributed by atoms with Crippen LogP contribution in [0.15, 0.2) is 48.5 Å². The summed E-state index contributed by atoms with van der Waals surface area (Å²) in [5, 5.41) is 18.8. The molecule has 3 rings (SSSR count). The molecule has 3 N–H and O–H groups in total. The first kappa shape index (κ1) is 29.2. The van der Waals surface area contributed by atoms with Gasteiger partial charge in [0, 0.05) is 13.2 Å². The summed E-state index contributed by atoms with van der Waals surface area (Å²) in [6.07, 6.45) is 0.423. The van der Waals surface area contributed by atoms with Gasteiger partial charge in [-0.15, -0.1) is 5.10 Å². The molecule has 2 atom stereocenters. The number of benzene rings is 2. The van der Waals surface area contributed by atoms with Crippen LogP contribution < -0.4 is 5.32 Å². The Morgan fingerprint density at radius 3 is 2.53 bits per heavy atom. The number of nitrogens with one attached hydrogen (secondary N) is 2. The number of esters is 1. The molecule has 0 saturated heterocycles. The lowest BCUT2D eigenvalue weighted by atomic mass is 9.94. The van der Waals surface area contributed by atoms with Crippen molar-refractivity contribution in [1.29, 1.82) is 0 Å². The topological polar surface area (TPSA) is 136 Å². The lowest BCUT2D eigenvalue weighted by Crippen LogP contribution is -2.40. The van der Waals surface area contributed by atoms with Crippen molar-refractivity contribution in [2.24, 2.45) is 5.92 Å². The minimum Gasteiger partial charge on any atom is -0.463 e. The molecule has 3 aromatic rings. The lowest BCUT2D eigenvalue weighted by Gasteiger charge is -2.22. The highest BCUT2D eigenvalue weighted by Crippen LogP contribution is 2.22. The molecule has 0 unspecified atom stereocenters. The van der Waals surface area contributed by atoms with Gasteiger partial charge >= 0.3 is 5.97 Å². The van der Waals surface area contributed by atoms with Crippen LogP contribution in [0.25, 0.3) is 11.1 Å². The van der Waals surface area contributed by atoms with Crippen LogP contribution >= 0.6 is 11.6 Å². The van der Waals surface area contributed by atoms with E-state index in [0.717, 1.165) is 16.7 Å². The summed E-state index contributed by atoms with van der Waals surface area (Å²) >= 11 is 5.74. The van der Waals surface area contributed by atoms with Crippen LogP contribution in [0.5, 0.6) is 0 Å². The number of hydrogen-bond acceptors (Lipinski definition) is 8. The van der Waals surface area contributed by atoms with Crippen molar-refractivity contribution in [3.05, 3.63) is 71.0 Å². The molecule has 204 valence electrons. The van der Waals surface area contributed by atoms with Crippen LogP contribution in [0.3, 0.4) is 0 Å². The fraction of sp³-hybridized carbons (Fsp3) is 0.385. The van der Waals surface area contributed by atoms with Gasteiger partial charge in [-0.25, -0.2) is 9.49 Å². The maximum absolute atomic E-state index is 13.6. The van der Waals surface area contributed by atoms with E-state index in [0.29, 0.717) is 19.6 Å². The first-order valence-corrected chi connectivity index (χ1v) is 12.3. The molecular weight excluding hydrogens is 519 g/mol. The van der Waals surface area contributed by atoms with E-state index in [-0.39, 0.29) is 36.6 Å². The van der Waals surface area contributed by atoms with Crippen LogP contribution in [0.2, 0.25) is 5.28 Å². The summed E-state index contributed by atoms with van der Waals surface area (Å²) < 4.78 is 29.0. The highest BCUT2D eigenvalue weighted by Gasteiger charge is 2.26. The molecule has 1 heterocycles. The summed E-state index contributed by atoms with van der Waals surface area (Å²) in [5.41, 5.74) is 2.41. The molecular formula is C26H30ClFN4O6. The van der Waals surface area contributed by atoms with Crippen molar-refractivity contribution in [1.82, 2.24) is 20.5 Å². The summed E-state index contributed by atoms with van der Waals surface area (Å²) in [7, 11) is 1.56. The van der Waals surface area contributed by atoms with Crippen molar-refractivity contribution in [2.45, 2.75) is 18.9 Å². The maximum atomic E-state index is 13.6. The number of carbonyl (C=O) groups is 2. The van der Waals surface area contributed by atoms with E-state index in [4.69, 9.17) is 25.8 Å². The number of carbonyl (C=O) groups excluding carboxylic acids is 2. The first-order chi connectivity index (χ1) is 18.4. The predicted octanol–water partition coefficient (Wildman–Crippen LogP) is 2.81. The van der Waals surface area contributed by atoms with Crippen molar-refractivity contribution < 1.29 is 33.3 Å². The molecule has 12 heteroatoms. The highest BCUT2D eigenvalue weighted by molar-refractivity contribution is 6.28. The number of rotatable bonds is 15. The van der Waals surface area contributed by atoms with E-state index in [2.05, 4.69) is 20.5 Å². The van der Waals surface area contributed by atoms with Crippen LogP contribution in [0, 0.1) is 11.7 Å². The zero-order chi connectivity index (χ0) is 27.3. The molecule has 0 aliphatic heterocycles. The lowest BCUT2D eigenvalue weighted by molar-refractivity contribution is -0.152. The number of aliphatic hydroxyl groups excluding tert-OH is 1. The van der Waals surface area contributed by atoms with Gasteiger partial charge in [0.15, 0.2) is 0 Å². The van der Waals surface area contributed by atoms with Gasteiger partial charge < -0.3 is 24.6 Å². The van der Waals surface area contributed by atoms with Gasteiger partial charge in [0.2, 0.25) is 11.1 Å². The Morgan fingerprint density at radius 1 is 1.11 bits per heavy atom. The molecule has 0 aliphatic carbocycles. The third-order valence-electron chi connectivity index (χ3n) is 5.62. The number of ether oxygens (including phenoxy) is 3. The second-order valence-corrected chi connectivity index (χ2v) is 8.78. The molecule has 0 saturated carbocycles. The largest absolute Gasteiger partial charge is 0.463 e. The number of aliphatic hydroxyl groups is 1. The number of nitrogens with zero attached hydrogens (tertiary/aromatic N) is 2. The number of aromatic nitrogens is 3. The number of hydrogen-bond donors (Lipinski definition) is 3. The van der Waals surface area contributed by atoms with Gasteiger partial charge in [-0.1, -0.05) is 36.4 Å². The highest BCUT2D eigenvalue weighted by atomic mass is 35.5. The SMILES string of the molecule is COCCOCCOC(=O)[C@H](CO)C[C@@H](Cc1ccc(-c2cccc(F)c2)cc1)NC(=O)c1n[nH]c(Cl)n1. The smallest absolute Gasteiger partial charge is 0.311 e. The van der Waals surface area contributed by atoms with Crippen molar-refractivity contribution in [3.8, 4) is 11.1 Å². The van der Waals surface area contributed by atoms with Gasteiger partial charge in [-0.3, -0.25) is 9.59 Å². The predicted molar refractivity (Wildman–Crippen MR) is 137 cm³/mol. The molecule has 1 amide bonds. The van der Waals surface area contributed by atoms with E-state index in [9.17, 15) is 19.1 Å². The fourth-order valence-electron chi connectivity index (χ4n) is 3.72. The van der Waals surface area contributed by atoms with E-state index in [1.54, 1.807) is 13.2 Å². The maximum Gasteiger partial charge on any atom is 0.311 e. The second-order valence-electron chi connectivity index (χ2n) is 8.42. The van der Waals surface area contributed by atoms with E-state index in [1.807, 2.05) is 30.3 Å². The summed E-state index contributed by atoms with van der Waals surface area (Å²) in [6.45, 7) is 0.535.